The number of hydrogen-bond donors (Lipinski definition) is 3. The van der Waals surface area contributed by atoms with Crippen LogP contribution in [0.4, 0.5) is 0 Å². The number of nitrogens with one attached hydrogen (secondary N) is 1. The van der Waals surface area contributed by atoms with Crippen molar-refractivity contribution in [2.24, 2.45) is 0 Å². The summed E-state index contributed by atoms with van der Waals surface area (Å²) in [5.41, 5.74) is 0. The summed E-state index contributed by atoms with van der Waals surface area (Å²) < 4.78 is 0. The van der Waals surface area contributed by atoms with Crippen LogP contribution >= 0.6 is 0 Å². The Labute approximate surface area is 67.9 Å². The van der Waals surface area contributed by atoms with Gasteiger partial charge in [0.25, 0.3) is 11.8 Å². The maximum atomic E-state index is 10.8. The van der Waals surface area contributed by atoms with Crippen molar-refractivity contribution < 1.29 is 15.0 Å². The molecule has 1 aromatic heterocycles. The number of aromatic hydroxyl groups is 2. The van der Waals surface area contributed by atoms with E-state index < -0.39 is 17.5 Å². The number of carbonyl (C=O) groups excluding carboxylic acids is 1. The van der Waals surface area contributed by atoms with E-state index in [4.69, 9.17) is 10.2 Å². The highest BCUT2D eigenvalue weighted by Gasteiger charge is 2.09. The predicted molar refractivity (Wildman–Crippen MR) is 38.8 cm³/mol. The topological polar surface area (TPSA) is 95.3 Å². The summed E-state index contributed by atoms with van der Waals surface area (Å²) >= 11 is 0. The zero-order chi connectivity index (χ0) is 9.14. The minimum Gasteiger partial charge on any atom is -0.502 e. The number of rotatable bonds is 1. The molecule has 0 bridgehead atoms. The maximum Gasteiger partial charge on any atom is 0.288 e. The lowest BCUT2D eigenvalue weighted by Gasteiger charge is -1.98. The molecule has 0 unspecified atom stereocenters. The molecule has 0 aliphatic rings. The number of aromatic nitrogens is 2. The van der Waals surface area contributed by atoms with Crippen LogP contribution in [0.1, 0.15) is 10.6 Å². The van der Waals surface area contributed by atoms with Crippen LogP contribution in [-0.2, 0) is 0 Å². The molecule has 0 aliphatic carbocycles. The van der Waals surface area contributed by atoms with E-state index in [2.05, 4.69) is 15.3 Å². The third-order valence-electron chi connectivity index (χ3n) is 1.18. The van der Waals surface area contributed by atoms with Crippen LogP contribution in [0, 0.1) is 0 Å². The van der Waals surface area contributed by atoms with Crippen molar-refractivity contribution in [2.45, 2.75) is 0 Å². The lowest BCUT2D eigenvalue weighted by Crippen LogP contribution is -2.20. The SMILES string of the molecule is CNC(=O)c1ncc(O)c(O)n1. The molecule has 0 saturated heterocycles. The third-order valence-corrected chi connectivity index (χ3v) is 1.18. The first kappa shape index (κ1) is 8.25. The van der Waals surface area contributed by atoms with Gasteiger partial charge < -0.3 is 15.5 Å². The van der Waals surface area contributed by atoms with E-state index in [-0.39, 0.29) is 5.82 Å². The average molecular weight is 169 g/mol. The Morgan fingerprint density at radius 3 is 2.75 bits per heavy atom. The molecule has 6 heteroatoms. The number of hydrogen-bond acceptors (Lipinski definition) is 5. The molecule has 0 radical (unpaired) electrons. The molecule has 0 saturated carbocycles. The lowest BCUT2D eigenvalue weighted by molar-refractivity contribution is 0.0951. The van der Waals surface area contributed by atoms with Crippen molar-refractivity contribution in [1.29, 1.82) is 0 Å². The molecule has 6 nitrogen and oxygen atoms in total. The van der Waals surface area contributed by atoms with Crippen molar-refractivity contribution in [3.63, 3.8) is 0 Å². The van der Waals surface area contributed by atoms with Gasteiger partial charge in [-0.3, -0.25) is 4.79 Å². The summed E-state index contributed by atoms with van der Waals surface area (Å²) in [6.45, 7) is 0. The highest BCUT2D eigenvalue weighted by molar-refractivity contribution is 5.90. The summed E-state index contributed by atoms with van der Waals surface area (Å²) in [6, 6.07) is 0. The Bertz CT molecular complexity index is 313. The van der Waals surface area contributed by atoms with Crippen LogP contribution in [0.15, 0.2) is 6.20 Å². The Morgan fingerprint density at radius 2 is 2.25 bits per heavy atom. The largest absolute Gasteiger partial charge is 0.502 e. The molecule has 12 heavy (non-hydrogen) atoms. The second-order valence-electron chi connectivity index (χ2n) is 1.98. The molecule has 1 amide bonds. The van der Waals surface area contributed by atoms with Gasteiger partial charge in [-0.15, -0.1) is 0 Å². The molecular formula is C6H7N3O3. The van der Waals surface area contributed by atoms with Crippen LogP contribution in [-0.4, -0.2) is 33.1 Å². The first-order valence-electron chi connectivity index (χ1n) is 3.12. The molecule has 1 heterocycles. The molecule has 1 rings (SSSR count). The van der Waals surface area contributed by atoms with Crippen molar-refractivity contribution in [1.82, 2.24) is 15.3 Å². The summed E-state index contributed by atoms with van der Waals surface area (Å²) in [6.07, 6.45) is 0.951. The van der Waals surface area contributed by atoms with Crippen molar-refractivity contribution in [3.05, 3.63) is 12.0 Å². The van der Waals surface area contributed by atoms with Crippen molar-refractivity contribution >= 4 is 5.91 Å². The lowest BCUT2D eigenvalue weighted by atomic mass is 10.5. The van der Waals surface area contributed by atoms with Gasteiger partial charge in [-0.25, -0.2) is 4.98 Å². The van der Waals surface area contributed by atoms with Gasteiger partial charge >= 0.3 is 0 Å². The molecule has 3 N–H and O–H groups in total. The number of nitrogens with zero attached hydrogens (tertiary/aromatic N) is 2. The van der Waals surface area contributed by atoms with Crippen molar-refractivity contribution in [2.75, 3.05) is 7.05 Å². The van der Waals surface area contributed by atoms with Gasteiger partial charge in [-0.2, -0.15) is 4.98 Å². The quantitative estimate of drug-likeness (QED) is 0.514. The Balaban J connectivity index is 3.05. The predicted octanol–water partition coefficient (Wildman–Crippen LogP) is -0.753. The van der Waals surface area contributed by atoms with Crippen LogP contribution in [0.25, 0.3) is 0 Å². The van der Waals surface area contributed by atoms with Gasteiger partial charge in [0.2, 0.25) is 5.82 Å². The number of carbonyl (C=O) groups is 1. The van der Waals surface area contributed by atoms with E-state index in [1.54, 1.807) is 0 Å². The zero-order valence-corrected chi connectivity index (χ0v) is 6.27. The second kappa shape index (κ2) is 3.04. The van der Waals surface area contributed by atoms with Gasteiger partial charge in [0, 0.05) is 7.05 Å². The summed E-state index contributed by atoms with van der Waals surface area (Å²) in [5.74, 6) is -1.77. The molecule has 64 valence electrons. The van der Waals surface area contributed by atoms with E-state index in [9.17, 15) is 4.79 Å². The monoisotopic (exact) mass is 169 g/mol. The molecule has 0 aromatic carbocycles. The van der Waals surface area contributed by atoms with Gasteiger partial charge in [-0.05, 0) is 0 Å². The summed E-state index contributed by atoms with van der Waals surface area (Å²) in [4.78, 5) is 17.7. The molecule has 0 fully saturated rings. The fourth-order valence-corrected chi connectivity index (χ4v) is 0.588. The smallest absolute Gasteiger partial charge is 0.288 e. The van der Waals surface area contributed by atoms with E-state index in [1.807, 2.05) is 0 Å². The van der Waals surface area contributed by atoms with Crippen LogP contribution < -0.4 is 5.32 Å². The third kappa shape index (κ3) is 1.42. The molecule has 0 aliphatic heterocycles. The van der Waals surface area contributed by atoms with E-state index in [0.717, 1.165) is 6.20 Å². The van der Waals surface area contributed by atoms with E-state index in [1.165, 1.54) is 7.05 Å². The minimum absolute atomic E-state index is 0.187. The maximum absolute atomic E-state index is 10.8. The Kier molecular flexibility index (Phi) is 2.09. The Hall–Kier alpha value is -1.85. The van der Waals surface area contributed by atoms with Crippen LogP contribution in [0.3, 0.4) is 0 Å². The van der Waals surface area contributed by atoms with Crippen LogP contribution in [0.2, 0.25) is 0 Å². The number of amides is 1. The molecule has 1 aromatic rings. The standard InChI is InChI=1S/C6H7N3O3/c1-7-6(12)4-8-2-3(10)5(11)9-4/h2,10H,1H3,(H,7,12)(H,8,9,11). The Morgan fingerprint density at radius 1 is 1.58 bits per heavy atom. The van der Waals surface area contributed by atoms with Crippen molar-refractivity contribution in [3.8, 4) is 11.6 Å². The fraction of sp³-hybridized carbons (Fsp3) is 0.167. The van der Waals surface area contributed by atoms with E-state index >= 15 is 0 Å². The normalized spacial score (nSPS) is 9.42. The average Bonchev–Trinajstić information content (AvgIpc) is 2.08. The van der Waals surface area contributed by atoms with Gasteiger partial charge in [0.15, 0.2) is 5.75 Å². The van der Waals surface area contributed by atoms with Gasteiger partial charge in [0.05, 0.1) is 6.20 Å². The van der Waals surface area contributed by atoms with E-state index in [0.29, 0.717) is 0 Å². The minimum atomic E-state index is -0.608. The molecular weight excluding hydrogens is 162 g/mol. The van der Waals surface area contributed by atoms with Gasteiger partial charge in [-0.1, -0.05) is 0 Å². The fourth-order valence-electron chi connectivity index (χ4n) is 0.588. The first-order chi connectivity index (χ1) is 5.65. The summed E-state index contributed by atoms with van der Waals surface area (Å²) in [7, 11) is 1.41. The zero-order valence-electron chi connectivity index (χ0n) is 6.27. The first-order valence-corrected chi connectivity index (χ1v) is 3.12. The summed E-state index contributed by atoms with van der Waals surface area (Å²) in [5, 5.41) is 19.9. The second-order valence-corrected chi connectivity index (χ2v) is 1.98. The molecule has 0 spiro atoms. The highest BCUT2D eigenvalue weighted by Crippen LogP contribution is 2.18. The van der Waals surface area contributed by atoms with Gasteiger partial charge in [0.1, 0.15) is 0 Å². The molecule has 0 atom stereocenters. The van der Waals surface area contributed by atoms with Crippen LogP contribution in [0.5, 0.6) is 11.6 Å². The highest BCUT2D eigenvalue weighted by atomic mass is 16.3.